The number of nitrogens with one attached hydrogen (secondary N) is 1. The molecule has 0 radical (unpaired) electrons. The first-order chi connectivity index (χ1) is 10.2. The van der Waals surface area contributed by atoms with E-state index in [2.05, 4.69) is 23.6 Å². The van der Waals surface area contributed by atoms with Gasteiger partial charge in [0.1, 0.15) is 0 Å². The van der Waals surface area contributed by atoms with Gasteiger partial charge in [-0.25, -0.2) is 8.42 Å². The molecule has 0 amide bonds. The molecule has 0 spiro atoms. The molecule has 0 unspecified atom stereocenters. The van der Waals surface area contributed by atoms with Gasteiger partial charge in [0.15, 0.2) is 0 Å². The van der Waals surface area contributed by atoms with Crippen LogP contribution in [0.1, 0.15) is 36.6 Å². The Hall–Kier alpha value is -1.59. The molecular weight excluding hydrogens is 320 g/mol. The van der Waals surface area contributed by atoms with Gasteiger partial charge in [0.05, 0.1) is 27.5 Å². The molecule has 118 valence electrons. The molecule has 1 heterocycles. The zero-order chi connectivity index (χ0) is 16.5. The maximum atomic E-state index is 12.4. The summed E-state index contributed by atoms with van der Waals surface area (Å²) in [6.45, 7) is 7.66. The van der Waals surface area contributed by atoms with E-state index in [-0.39, 0.29) is 4.90 Å². The highest BCUT2D eigenvalue weighted by Crippen LogP contribution is 2.27. The topological polar surface area (TPSA) is 59.1 Å². The lowest BCUT2D eigenvalue weighted by atomic mass is 10.0. The van der Waals surface area contributed by atoms with Gasteiger partial charge >= 0.3 is 0 Å². The fourth-order valence-electron chi connectivity index (χ4n) is 2.04. The van der Waals surface area contributed by atoms with E-state index in [0.717, 1.165) is 5.56 Å². The number of rotatable bonds is 4. The van der Waals surface area contributed by atoms with Gasteiger partial charge in [-0.1, -0.05) is 37.6 Å². The summed E-state index contributed by atoms with van der Waals surface area (Å²) in [4.78, 5) is 4.31. The summed E-state index contributed by atoms with van der Waals surface area (Å²) in [5.41, 5.74) is 2.82. The van der Waals surface area contributed by atoms with Crippen LogP contribution in [0, 0.1) is 13.8 Å². The molecule has 0 saturated carbocycles. The average molecular weight is 339 g/mol. The highest BCUT2D eigenvalue weighted by atomic mass is 35.5. The van der Waals surface area contributed by atoms with Crippen LogP contribution in [0.25, 0.3) is 0 Å². The Morgan fingerprint density at radius 1 is 1.14 bits per heavy atom. The highest BCUT2D eigenvalue weighted by Gasteiger charge is 2.17. The van der Waals surface area contributed by atoms with Gasteiger partial charge in [-0.2, -0.15) is 0 Å². The molecule has 0 aliphatic heterocycles. The van der Waals surface area contributed by atoms with Gasteiger partial charge in [-0.15, -0.1) is 0 Å². The molecule has 2 rings (SSSR count). The largest absolute Gasteiger partial charge is 0.278 e. The van der Waals surface area contributed by atoms with Crippen LogP contribution in [0.5, 0.6) is 0 Å². The van der Waals surface area contributed by atoms with Crippen LogP contribution in [0.4, 0.5) is 5.69 Å². The molecule has 1 aromatic heterocycles. The molecule has 0 fully saturated rings. The highest BCUT2D eigenvalue weighted by molar-refractivity contribution is 7.92. The monoisotopic (exact) mass is 338 g/mol. The summed E-state index contributed by atoms with van der Waals surface area (Å²) in [5.74, 6) is 0.354. The van der Waals surface area contributed by atoms with Crippen molar-refractivity contribution in [3.05, 3.63) is 52.3 Å². The van der Waals surface area contributed by atoms with E-state index in [1.54, 1.807) is 26.0 Å². The number of pyridine rings is 1. The van der Waals surface area contributed by atoms with Crippen molar-refractivity contribution in [3.63, 3.8) is 0 Å². The maximum Gasteiger partial charge on any atom is 0.261 e. The number of anilines is 1. The first-order valence-corrected chi connectivity index (χ1v) is 8.83. The third kappa shape index (κ3) is 3.42. The van der Waals surface area contributed by atoms with Gasteiger partial charge in [-0.3, -0.25) is 9.71 Å². The van der Waals surface area contributed by atoms with Gasteiger partial charge in [-0.05, 0) is 43.0 Å². The number of hydrogen-bond acceptors (Lipinski definition) is 3. The second-order valence-corrected chi connectivity index (χ2v) is 7.59. The minimum Gasteiger partial charge on any atom is -0.278 e. The quantitative estimate of drug-likeness (QED) is 0.905. The van der Waals surface area contributed by atoms with Crippen LogP contribution >= 0.6 is 11.6 Å². The third-order valence-electron chi connectivity index (χ3n) is 3.54. The number of aryl methyl sites for hydroxylation is 1. The summed E-state index contributed by atoms with van der Waals surface area (Å²) < 4.78 is 27.4. The van der Waals surface area contributed by atoms with Crippen LogP contribution in [-0.4, -0.2) is 13.4 Å². The van der Waals surface area contributed by atoms with Crippen LogP contribution < -0.4 is 4.72 Å². The van der Waals surface area contributed by atoms with E-state index in [0.29, 0.717) is 27.9 Å². The van der Waals surface area contributed by atoms with E-state index >= 15 is 0 Å². The first kappa shape index (κ1) is 16.8. The number of benzene rings is 1. The number of nitrogens with zero attached hydrogens (tertiary/aromatic N) is 1. The summed E-state index contributed by atoms with van der Waals surface area (Å²) >= 11 is 6.12. The van der Waals surface area contributed by atoms with Crippen molar-refractivity contribution in [3.8, 4) is 0 Å². The molecule has 6 heteroatoms. The van der Waals surface area contributed by atoms with Crippen molar-refractivity contribution in [2.24, 2.45) is 0 Å². The molecule has 4 nitrogen and oxygen atoms in total. The molecule has 0 aliphatic carbocycles. The molecule has 0 aliphatic rings. The zero-order valence-electron chi connectivity index (χ0n) is 13.0. The molecule has 22 heavy (non-hydrogen) atoms. The lowest BCUT2D eigenvalue weighted by Gasteiger charge is -2.13. The average Bonchev–Trinajstić information content (AvgIpc) is 2.48. The van der Waals surface area contributed by atoms with Crippen molar-refractivity contribution in [2.45, 2.75) is 38.5 Å². The Morgan fingerprint density at radius 2 is 1.73 bits per heavy atom. The van der Waals surface area contributed by atoms with E-state index in [1.165, 1.54) is 6.20 Å². The lowest BCUT2D eigenvalue weighted by Crippen LogP contribution is -2.14. The van der Waals surface area contributed by atoms with Gasteiger partial charge in [0, 0.05) is 0 Å². The number of sulfonamides is 1. The summed E-state index contributed by atoms with van der Waals surface area (Å²) in [6, 6.07) is 6.87. The Kier molecular flexibility index (Phi) is 4.78. The minimum atomic E-state index is -3.66. The van der Waals surface area contributed by atoms with Crippen molar-refractivity contribution < 1.29 is 8.42 Å². The minimum absolute atomic E-state index is 0.216. The molecule has 1 aromatic carbocycles. The summed E-state index contributed by atoms with van der Waals surface area (Å²) in [5, 5.41) is 0.468. The standard InChI is InChI=1S/C16H19ClN2O2S/c1-10(2)13-5-7-14(8-6-13)22(20,21)19-15-9-18-12(4)16(17)11(15)3/h5-10,19H,1-4H3. The van der Waals surface area contributed by atoms with Crippen LogP contribution in [0.15, 0.2) is 35.4 Å². The SMILES string of the molecule is Cc1ncc(NS(=O)(=O)c2ccc(C(C)C)cc2)c(C)c1Cl. The molecule has 0 atom stereocenters. The Labute approximate surface area is 136 Å². The Balaban J connectivity index is 2.34. The number of hydrogen-bond donors (Lipinski definition) is 1. The fourth-order valence-corrected chi connectivity index (χ4v) is 3.30. The van der Waals surface area contributed by atoms with Crippen molar-refractivity contribution >= 4 is 27.3 Å². The Bertz CT molecular complexity index is 785. The zero-order valence-corrected chi connectivity index (χ0v) is 14.6. The van der Waals surface area contributed by atoms with Gasteiger partial charge < -0.3 is 0 Å². The lowest BCUT2D eigenvalue weighted by molar-refractivity contribution is 0.601. The molecule has 0 bridgehead atoms. The molecule has 0 saturated heterocycles. The van der Waals surface area contributed by atoms with Crippen molar-refractivity contribution in [2.75, 3.05) is 4.72 Å². The van der Waals surface area contributed by atoms with Gasteiger partial charge in [0.25, 0.3) is 10.0 Å². The second-order valence-electron chi connectivity index (χ2n) is 5.53. The van der Waals surface area contributed by atoms with Gasteiger partial charge in [0.2, 0.25) is 0 Å². The predicted molar refractivity (Wildman–Crippen MR) is 90.1 cm³/mol. The smallest absolute Gasteiger partial charge is 0.261 e. The van der Waals surface area contributed by atoms with Crippen LogP contribution in [-0.2, 0) is 10.0 Å². The van der Waals surface area contributed by atoms with Crippen LogP contribution in [0.2, 0.25) is 5.02 Å². The number of halogens is 1. The number of aromatic nitrogens is 1. The molecular formula is C16H19ClN2O2S. The normalized spacial score (nSPS) is 11.7. The summed E-state index contributed by atoms with van der Waals surface area (Å²) in [7, 11) is -3.66. The maximum absolute atomic E-state index is 12.4. The Morgan fingerprint density at radius 3 is 2.27 bits per heavy atom. The van der Waals surface area contributed by atoms with Crippen molar-refractivity contribution in [1.29, 1.82) is 0 Å². The molecule has 1 N–H and O–H groups in total. The van der Waals surface area contributed by atoms with E-state index in [1.807, 2.05) is 12.1 Å². The fraction of sp³-hybridized carbons (Fsp3) is 0.312. The second kappa shape index (κ2) is 6.26. The summed E-state index contributed by atoms with van der Waals surface area (Å²) in [6.07, 6.45) is 1.48. The first-order valence-electron chi connectivity index (χ1n) is 6.97. The predicted octanol–water partition coefficient (Wildman–Crippen LogP) is 4.28. The van der Waals surface area contributed by atoms with Crippen molar-refractivity contribution in [1.82, 2.24) is 4.98 Å². The van der Waals surface area contributed by atoms with E-state index in [4.69, 9.17) is 11.6 Å². The third-order valence-corrected chi connectivity index (χ3v) is 5.48. The molecule has 2 aromatic rings. The van der Waals surface area contributed by atoms with Crippen LogP contribution in [0.3, 0.4) is 0 Å². The van der Waals surface area contributed by atoms with E-state index < -0.39 is 10.0 Å². The van der Waals surface area contributed by atoms with E-state index in [9.17, 15) is 8.42 Å².